The number of phosphoric acid groups is 1. The summed E-state index contributed by atoms with van der Waals surface area (Å²) in [6.45, 7) is 6.78. The number of rotatable bonds is 53. The number of hydrogen-bond donors (Lipinski definition) is 1. The molecule has 0 spiro atoms. The smallest absolute Gasteiger partial charge is 0.306 e. The highest BCUT2D eigenvalue weighted by molar-refractivity contribution is 7.45. The largest absolute Gasteiger partial charge is 0.756 e. The van der Waals surface area contributed by atoms with Crippen molar-refractivity contribution in [3.8, 4) is 0 Å². The van der Waals surface area contributed by atoms with Crippen LogP contribution in [0, 0.1) is 0 Å². The molecule has 0 heterocycles. The number of ether oxygens (including phenoxy) is 1. The first-order valence-electron chi connectivity index (χ1n) is 29.4. The molecule has 1 N–H and O–H groups in total. The minimum atomic E-state index is -4.69. The monoisotopic (exact) mass is 1000 g/mol. The van der Waals surface area contributed by atoms with E-state index in [0.29, 0.717) is 17.4 Å². The SMILES string of the molecule is CCCC/C=C\CCCCCCCC(=O)OC(/C=C\CCCCCCCCCCCC)C(COP(=O)([O-])OCC[N+](C)(C)C)NC(=O)CCCCCCCCCCCCC/C=C\C/C=C\CCCCC. The molecule has 0 rings (SSSR count). The molecule has 70 heavy (non-hydrogen) atoms. The Bertz CT molecular complexity index is 1340. The summed E-state index contributed by atoms with van der Waals surface area (Å²) in [6, 6.07) is -0.890. The zero-order valence-corrected chi connectivity index (χ0v) is 47.6. The maximum atomic E-state index is 13.5. The highest BCUT2D eigenvalue weighted by Crippen LogP contribution is 2.38. The van der Waals surface area contributed by atoms with E-state index in [1.165, 1.54) is 148 Å². The van der Waals surface area contributed by atoms with Crippen molar-refractivity contribution in [1.82, 2.24) is 5.32 Å². The van der Waals surface area contributed by atoms with Gasteiger partial charge in [-0.15, -0.1) is 0 Å². The van der Waals surface area contributed by atoms with Crippen LogP contribution >= 0.6 is 7.82 Å². The molecule has 10 heteroatoms. The standard InChI is InChI=1S/C60H113N2O7P/c1-7-10-13-16-19-22-25-27-28-29-30-31-32-33-34-35-38-40-43-46-49-52-59(63)61-57(56-68-70(65,66)67-55-54-62(4,5)6)58(51-48-45-42-39-37-26-23-20-17-14-11-8-2)69-60(64)53-50-47-44-41-36-24-21-18-15-12-9-3/h18-19,21-22,27-28,48,51,57-58H,7-17,20,23-26,29-47,49-50,52-56H2,1-6H3,(H-,61,63,65,66)/b21-18-,22-19-,28-27-,51-48-. The first kappa shape index (κ1) is 68.0. The highest BCUT2D eigenvalue weighted by Gasteiger charge is 2.27. The lowest BCUT2D eigenvalue weighted by Crippen LogP contribution is -2.47. The molecule has 0 saturated heterocycles. The van der Waals surface area contributed by atoms with Gasteiger partial charge >= 0.3 is 5.97 Å². The second-order valence-electron chi connectivity index (χ2n) is 21.1. The molecule has 0 radical (unpaired) electrons. The van der Waals surface area contributed by atoms with Crippen molar-refractivity contribution in [2.24, 2.45) is 0 Å². The quantitative estimate of drug-likeness (QED) is 0.0212. The Hall–Kier alpha value is -2.03. The lowest BCUT2D eigenvalue weighted by atomic mass is 10.0. The molecule has 9 nitrogen and oxygen atoms in total. The summed E-state index contributed by atoms with van der Waals surface area (Å²) >= 11 is 0. The predicted molar refractivity (Wildman–Crippen MR) is 298 cm³/mol. The van der Waals surface area contributed by atoms with Gasteiger partial charge in [0.25, 0.3) is 7.82 Å². The van der Waals surface area contributed by atoms with Crippen LogP contribution in [-0.4, -0.2) is 69.4 Å². The number of allylic oxidation sites excluding steroid dienone is 7. The fourth-order valence-electron chi connectivity index (χ4n) is 8.36. The van der Waals surface area contributed by atoms with Crippen LogP contribution in [0.25, 0.3) is 0 Å². The molecule has 0 aromatic heterocycles. The Balaban J connectivity index is 5.21. The van der Waals surface area contributed by atoms with Gasteiger partial charge in [-0.2, -0.15) is 0 Å². The molecule has 0 aliphatic carbocycles. The summed E-state index contributed by atoms with van der Waals surface area (Å²) in [6.07, 6.45) is 60.7. The maximum absolute atomic E-state index is 13.5. The fourth-order valence-corrected chi connectivity index (χ4v) is 9.08. The van der Waals surface area contributed by atoms with Crippen LogP contribution < -0.4 is 10.2 Å². The van der Waals surface area contributed by atoms with Crippen molar-refractivity contribution < 1.29 is 37.3 Å². The van der Waals surface area contributed by atoms with E-state index in [9.17, 15) is 19.0 Å². The van der Waals surface area contributed by atoms with Gasteiger partial charge in [-0.25, -0.2) is 0 Å². The molecule has 0 aliphatic rings. The summed E-state index contributed by atoms with van der Waals surface area (Å²) < 4.78 is 30.2. The number of nitrogens with zero attached hydrogens (tertiary/aromatic N) is 1. The van der Waals surface area contributed by atoms with Gasteiger partial charge in [0.1, 0.15) is 19.3 Å². The number of esters is 1. The molecular formula is C60H113N2O7P. The summed E-state index contributed by atoms with van der Waals surface area (Å²) in [5.74, 6) is -0.550. The van der Waals surface area contributed by atoms with Gasteiger partial charge in [-0.05, 0) is 83.1 Å². The molecule has 0 fully saturated rings. The lowest BCUT2D eigenvalue weighted by Gasteiger charge is -2.30. The van der Waals surface area contributed by atoms with Crippen LogP contribution in [0.2, 0.25) is 0 Å². The maximum Gasteiger partial charge on any atom is 0.306 e. The molecule has 3 unspecified atom stereocenters. The van der Waals surface area contributed by atoms with Gasteiger partial charge in [-0.3, -0.25) is 14.2 Å². The summed E-state index contributed by atoms with van der Waals surface area (Å²) in [5.41, 5.74) is 0. The Labute approximate surface area is 433 Å². The minimum absolute atomic E-state index is 0.0237. The molecule has 410 valence electrons. The molecule has 0 bridgehead atoms. The van der Waals surface area contributed by atoms with Gasteiger partial charge in [0.15, 0.2) is 0 Å². The van der Waals surface area contributed by atoms with Gasteiger partial charge in [0, 0.05) is 12.8 Å². The third-order valence-corrected chi connectivity index (χ3v) is 13.9. The zero-order chi connectivity index (χ0) is 51.5. The molecule has 3 atom stereocenters. The van der Waals surface area contributed by atoms with Gasteiger partial charge in [-0.1, -0.05) is 224 Å². The molecule has 0 aliphatic heterocycles. The second-order valence-corrected chi connectivity index (χ2v) is 22.6. The molecular weight excluding hydrogens is 892 g/mol. The number of carbonyl (C=O) groups excluding carboxylic acids is 2. The van der Waals surface area contributed by atoms with E-state index in [0.717, 1.165) is 89.9 Å². The third kappa shape index (κ3) is 50.9. The molecule has 1 amide bonds. The van der Waals surface area contributed by atoms with E-state index >= 15 is 0 Å². The van der Waals surface area contributed by atoms with Gasteiger partial charge in [0.2, 0.25) is 5.91 Å². The topological polar surface area (TPSA) is 114 Å². The molecule has 0 aromatic carbocycles. The van der Waals surface area contributed by atoms with Gasteiger partial charge in [0.05, 0.1) is 33.8 Å². The van der Waals surface area contributed by atoms with Gasteiger partial charge < -0.3 is 28.5 Å². The minimum Gasteiger partial charge on any atom is -0.756 e. The average Bonchev–Trinajstić information content (AvgIpc) is 3.32. The van der Waals surface area contributed by atoms with E-state index < -0.39 is 26.6 Å². The number of nitrogens with one attached hydrogen (secondary N) is 1. The van der Waals surface area contributed by atoms with Crippen molar-refractivity contribution in [3.63, 3.8) is 0 Å². The van der Waals surface area contributed by atoms with Crippen molar-refractivity contribution in [3.05, 3.63) is 48.6 Å². The first-order chi connectivity index (χ1) is 33.9. The Morgan fingerprint density at radius 2 is 0.886 bits per heavy atom. The highest BCUT2D eigenvalue weighted by atomic mass is 31.2. The molecule has 0 aromatic rings. The van der Waals surface area contributed by atoms with Crippen LogP contribution in [0.1, 0.15) is 271 Å². The predicted octanol–water partition coefficient (Wildman–Crippen LogP) is 17.1. The van der Waals surface area contributed by atoms with Crippen LogP contribution in [0.15, 0.2) is 48.6 Å². The van der Waals surface area contributed by atoms with E-state index in [2.05, 4.69) is 62.5 Å². The zero-order valence-electron chi connectivity index (χ0n) is 46.7. The van der Waals surface area contributed by atoms with Crippen molar-refractivity contribution in [2.75, 3.05) is 40.9 Å². The molecule has 0 saturated carbocycles. The van der Waals surface area contributed by atoms with Crippen LogP contribution in [0.4, 0.5) is 0 Å². The number of phosphoric ester groups is 1. The van der Waals surface area contributed by atoms with Crippen LogP contribution in [0.3, 0.4) is 0 Å². The number of likely N-dealkylation sites (N-methyl/N-ethyl adjacent to an activating group) is 1. The van der Waals surface area contributed by atoms with Crippen LogP contribution in [-0.2, 0) is 27.9 Å². The van der Waals surface area contributed by atoms with Crippen molar-refractivity contribution in [1.29, 1.82) is 0 Å². The Morgan fingerprint density at radius 3 is 1.37 bits per heavy atom. The first-order valence-corrected chi connectivity index (χ1v) is 30.9. The number of carbonyl (C=O) groups is 2. The van der Waals surface area contributed by atoms with E-state index in [1.54, 1.807) is 0 Å². The second kappa shape index (κ2) is 50.5. The summed E-state index contributed by atoms with van der Waals surface area (Å²) in [7, 11) is 1.18. The van der Waals surface area contributed by atoms with Crippen molar-refractivity contribution >= 4 is 19.7 Å². The van der Waals surface area contributed by atoms with E-state index in [-0.39, 0.29) is 24.9 Å². The fraction of sp³-hybridized carbons (Fsp3) is 0.833. The van der Waals surface area contributed by atoms with Crippen molar-refractivity contribution in [2.45, 2.75) is 283 Å². The normalized spacial score (nSPS) is 14.1. The number of quaternary nitrogens is 1. The Kier molecular flexibility index (Phi) is 49.0. The summed E-state index contributed by atoms with van der Waals surface area (Å²) in [5, 5.41) is 3.02. The number of unbranched alkanes of at least 4 members (excludes halogenated alkanes) is 31. The number of amides is 1. The third-order valence-electron chi connectivity index (χ3n) is 13.0. The summed E-state index contributed by atoms with van der Waals surface area (Å²) in [4.78, 5) is 39.8. The number of hydrogen-bond acceptors (Lipinski definition) is 7. The van der Waals surface area contributed by atoms with Crippen LogP contribution in [0.5, 0.6) is 0 Å². The lowest BCUT2D eigenvalue weighted by molar-refractivity contribution is -0.870. The van der Waals surface area contributed by atoms with E-state index in [1.807, 2.05) is 33.3 Å². The average molecular weight is 1010 g/mol. The Morgan fingerprint density at radius 1 is 0.500 bits per heavy atom. The van der Waals surface area contributed by atoms with E-state index in [4.69, 9.17) is 13.8 Å².